The molecule has 0 amide bonds. The summed E-state index contributed by atoms with van der Waals surface area (Å²) in [7, 11) is 1.90. The molecule has 0 saturated heterocycles. The van der Waals surface area contributed by atoms with Gasteiger partial charge < -0.3 is 9.47 Å². The molecule has 2 aromatic carbocycles. The summed E-state index contributed by atoms with van der Waals surface area (Å²) in [5, 5.41) is 12.0. The number of esters is 1. The molecule has 0 unspecified atom stereocenters. The van der Waals surface area contributed by atoms with Crippen molar-refractivity contribution < 1.29 is 14.3 Å². The molecule has 0 radical (unpaired) electrons. The van der Waals surface area contributed by atoms with E-state index in [1.807, 2.05) is 38.4 Å². The van der Waals surface area contributed by atoms with E-state index in [9.17, 15) is 4.79 Å². The van der Waals surface area contributed by atoms with E-state index in [4.69, 9.17) is 14.5 Å². The van der Waals surface area contributed by atoms with Gasteiger partial charge in [-0.25, -0.2) is 4.68 Å². The van der Waals surface area contributed by atoms with E-state index in [2.05, 4.69) is 65.6 Å². The van der Waals surface area contributed by atoms with Gasteiger partial charge in [0.25, 0.3) is 0 Å². The largest absolute Gasteiger partial charge is 0.487 e. The number of thiophene rings is 1. The van der Waals surface area contributed by atoms with Gasteiger partial charge in [-0.3, -0.25) is 14.7 Å². The molecular weight excluding hydrogens is 546 g/mol. The Morgan fingerprint density at radius 1 is 1.21 bits per heavy atom. The first-order valence-electron chi connectivity index (χ1n) is 14.7. The van der Waals surface area contributed by atoms with Gasteiger partial charge in [0.1, 0.15) is 17.4 Å². The number of rotatable bonds is 8. The van der Waals surface area contributed by atoms with Crippen molar-refractivity contribution in [3.8, 4) is 5.75 Å². The van der Waals surface area contributed by atoms with Crippen LogP contribution in [0.1, 0.15) is 73.5 Å². The Kier molecular flexibility index (Phi) is 7.96. The van der Waals surface area contributed by atoms with Crippen LogP contribution >= 0.6 is 11.3 Å². The third kappa shape index (κ3) is 5.27. The second kappa shape index (κ2) is 11.8. The number of benzene rings is 2. The molecule has 8 nitrogen and oxygen atoms in total. The van der Waals surface area contributed by atoms with Crippen molar-refractivity contribution in [1.82, 2.24) is 24.9 Å². The van der Waals surface area contributed by atoms with Crippen molar-refractivity contribution in [3.63, 3.8) is 0 Å². The third-order valence-electron chi connectivity index (χ3n) is 8.49. The van der Waals surface area contributed by atoms with Crippen LogP contribution in [0.4, 0.5) is 0 Å². The smallest absolute Gasteiger partial charge is 0.306 e. The lowest BCUT2D eigenvalue weighted by Crippen LogP contribution is -2.34. The quantitative estimate of drug-likeness (QED) is 0.188. The fourth-order valence-corrected chi connectivity index (χ4v) is 7.07. The Morgan fingerprint density at radius 2 is 2.07 bits per heavy atom. The molecule has 0 aliphatic carbocycles. The molecule has 3 aromatic heterocycles. The minimum Gasteiger partial charge on any atom is -0.487 e. The predicted molar refractivity (Wildman–Crippen MR) is 166 cm³/mol. The summed E-state index contributed by atoms with van der Waals surface area (Å²) < 4.78 is 14.9. The Bertz CT molecular complexity index is 1740. The van der Waals surface area contributed by atoms with Crippen LogP contribution in [-0.2, 0) is 23.1 Å². The van der Waals surface area contributed by atoms with Gasteiger partial charge in [0.05, 0.1) is 30.3 Å². The lowest BCUT2D eigenvalue weighted by molar-refractivity contribution is -0.143. The van der Waals surface area contributed by atoms with Gasteiger partial charge in [-0.2, -0.15) is 0 Å². The summed E-state index contributed by atoms with van der Waals surface area (Å²) in [6.07, 6.45) is 3.09. The number of carbonyl (C=O) groups excluding carboxylic acids is 1. The van der Waals surface area contributed by atoms with Crippen molar-refractivity contribution in [3.05, 3.63) is 82.0 Å². The number of carbonyl (C=O) groups is 1. The first-order valence-corrected chi connectivity index (χ1v) is 15.6. The van der Waals surface area contributed by atoms with Gasteiger partial charge in [-0.05, 0) is 90.5 Å². The topological polar surface area (TPSA) is 82.4 Å². The summed E-state index contributed by atoms with van der Waals surface area (Å²) in [6.45, 7) is 10.2. The molecule has 9 heteroatoms. The normalized spacial score (nSPS) is 18.0. The van der Waals surface area contributed by atoms with Crippen molar-refractivity contribution in [2.45, 2.75) is 65.1 Å². The average molecular weight is 584 g/mol. The van der Waals surface area contributed by atoms with Crippen LogP contribution < -0.4 is 4.74 Å². The number of ether oxygens (including phenoxy) is 2. The molecule has 5 aromatic rings. The molecule has 218 valence electrons. The van der Waals surface area contributed by atoms with Crippen LogP contribution in [0.5, 0.6) is 5.75 Å². The minimum atomic E-state index is -0.208. The van der Waals surface area contributed by atoms with Crippen molar-refractivity contribution >= 4 is 38.4 Å². The fourth-order valence-electron chi connectivity index (χ4n) is 6.18. The average Bonchev–Trinajstić information content (AvgIpc) is 3.59. The number of aromatic nitrogens is 4. The molecular formula is C33H37N5O3S. The molecule has 0 saturated carbocycles. The first kappa shape index (κ1) is 28.3. The molecule has 0 fully saturated rings. The molecule has 1 aliphatic rings. The van der Waals surface area contributed by atoms with Gasteiger partial charge >= 0.3 is 5.97 Å². The highest BCUT2D eigenvalue weighted by atomic mass is 32.1. The number of fused-ring (bicyclic) bond motifs is 3. The molecule has 3 atom stereocenters. The van der Waals surface area contributed by atoms with Crippen LogP contribution in [-0.4, -0.2) is 50.1 Å². The monoisotopic (exact) mass is 583 g/mol. The Hall–Kier alpha value is -3.82. The highest BCUT2D eigenvalue weighted by molar-refractivity contribution is 7.17. The van der Waals surface area contributed by atoms with E-state index in [0.29, 0.717) is 6.61 Å². The Labute approximate surface area is 250 Å². The predicted octanol–water partition coefficient (Wildman–Crippen LogP) is 6.71. The number of hydrogen-bond acceptors (Lipinski definition) is 8. The highest BCUT2D eigenvalue weighted by Crippen LogP contribution is 2.39. The second-order valence-electron chi connectivity index (χ2n) is 11.1. The summed E-state index contributed by atoms with van der Waals surface area (Å²) in [5.41, 5.74) is 7.24. The van der Waals surface area contributed by atoms with Gasteiger partial charge in [0, 0.05) is 37.0 Å². The number of nitrogens with zero attached hydrogens (tertiary/aromatic N) is 5. The van der Waals surface area contributed by atoms with Crippen molar-refractivity contribution in [2.75, 3.05) is 13.2 Å². The zero-order chi connectivity index (χ0) is 29.4. The maximum absolute atomic E-state index is 13.0. The van der Waals surface area contributed by atoms with Gasteiger partial charge in [-0.1, -0.05) is 24.3 Å². The summed E-state index contributed by atoms with van der Waals surface area (Å²) >= 11 is 1.76. The SMILES string of the molecule is CCOC(=O)C[C@H](c1cc(CN2C[C@@H](CC)Oc3cccnc3[C@@H]2C)c2sccc2c1)c1ccc2c(nnn2C)c1C. The van der Waals surface area contributed by atoms with Gasteiger partial charge in [-0.15, -0.1) is 16.4 Å². The highest BCUT2D eigenvalue weighted by Gasteiger charge is 2.30. The van der Waals surface area contributed by atoms with E-state index in [-0.39, 0.29) is 30.5 Å². The fraction of sp³-hybridized carbons (Fsp3) is 0.394. The molecule has 42 heavy (non-hydrogen) atoms. The maximum Gasteiger partial charge on any atom is 0.306 e. The van der Waals surface area contributed by atoms with Crippen molar-refractivity contribution in [2.24, 2.45) is 7.05 Å². The van der Waals surface area contributed by atoms with Crippen LogP contribution in [0.3, 0.4) is 0 Å². The summed E-state index contributed by atoms with van der Waals surface area (Å²) in [4.78, 5) is 20.2. The molecule has 6 rings (SSSR count). The maximum atomic E-state index is 13.0. The van der Waals surface area contributed by atoms with Gasteiger partial charge in [0.2, 0.25) is 0 Å². The number of hydrogen-bond donors (Lipinski definition) is 0. The third-order valence-corrected chi connectivity index (χ3v) is 9.49. The first-order chi connectivity index (χ1) is 20.4. The Balaban J connectivity index is 1.44. The molecule has 0 N–H and O–H groups in total. The standard InChI is InChI=1S/C33H37N5O3S/c1-6-25-19-38(21(4)32-29(41-25)9-8-13-34-32)18-24-16-23(15-22-12-14-42-33(22)24)27(17-30(39)40-7-2)26-10-11-28-31(20(26)3)35-36-37(28)5/h8-16,21,25,27H,6-7,17-19H2,1-5H3/t21-,25+,27+/m0/s1. The zero-order valence-electron chi connectivity index (χ0n) is 24.8. The zero-order valence-corrected chi connectivity index (χ0v) is 25.6. The van der Waals surface area contributed by atoms with E-state index in [0.717, 1.165) is 58.7 Å². The molecule has 4 heterocycles. The summed E-state index contributed by atoms with van der Waals surface area (Å²) in [5.74, 6) is 0.479. The van der Waals surface area contributed by atoms with Crippen LogP contribution in [0, 0.1) is 6.92 Å². The summed E-state index contributed by atoms with van der Waals surface area (Å²) in [6, 6.07) is 14.9. The molecule has 0 spiro atoms. The number of aryl methyl sites for hydroxylation is 2. The van der Waals surface area contributed by atoms with Crippen LogP contribution in [0.2, 0.25) is 0 Å². The van der Waals surface area contributed by atoms with E-state index in [1.165, 1.54) is 15.6 Å². The minimum absolute atomic E-state index is 0.0813. The Morgan fingerprint density at radius 3 is 2.88 bits per heavy atom. The lowest BCUT2D eigenvalue weighted by atomic mass is 9.84. The molecule has 0 bridgehead atoms. The van der Waals surface area contributed by atoms with Crippen LogP contribution in [0.25, 0.3) is 21.1 Å². The second-order valence-corrected chi connectivity index (χ2v) is 12.0. The van der Waals surface area contributed by atoms with E-state index in [1.54, 1.807) is 16.0 Å². The van der Waals surface area contributed by atoms with Gasteiger partial charge in [0.15, 0.2) is 0 Å². The lowest BCUT2D eigenvalue weighted by Gasteiger charge is -2.29. The van der Waals surface area contributed by atoms with E-state index >= 15 is 0 Å². The van der Waals surface area contributed by atoms with Crippen molar-refractivity contribution in [1.29, 1.82) is 0 Å². The number of pyridine rings is 1. The van der Waals surface area contributed by atoms with Crippen LogP contribution in [0.15, 0.2) is 54.0 Å². The van der Waals surface area contributed by atoms with E-state index < -0.39 is 0 Å². The molecule has 1 aliphatic heterocycles.